The third kappa shape index (κ3) is 5.10. The highest BCUT2D eigenvalue weighted by Crippen LogP contribution is 2.61. The van der Waals surface area contributed by atoms with E-state index in [0.29, 0.717) is 13.1 Å². The summed E-state index contributed by atoms with van der Waals surface area (Å²) in [6, 6.07) is 15.5. The summed E-state index contributed by atoms with van der Waals surface area (Å²) < 4.78 is 10.9. The van der Waals surface area contributed by atoms with Crippen LogP contribution in [0.25, 0.3) is 0 Å². The molecule has 1 aliphatic rings. The lowest BCUT2D eigenvalue weighted by atomic mass is 10.2. The summed E-state index contributed by atoms with van der Waals surface area (Å²) in [5.74, 6) is -0.743. The van der Waals surface area contributed by atoms with Crippen LogP contribution >= 0.6 is 18.5 Å². The molecule has 29 heavy (non-hydrogen) atoms. The number of amides is 1. The monoisotopic (exact) mass is 432 g/mol. The second-order valence-electron chi connectivity index (χ2n) is 6.84. The quantitative estimate of drug-likeness (QED) is 0.516. The number of para-hydroxylation sites is 1. The van der Waals surface area contributed by atoms with E-state index in [9.17, 15) is 9.59 Å². The van der Waals surface area contributed by atoms with Crippen molar-refractivity contribution in [1.29, 1.82) is 0 Å². The number of carbonyl (C=O) groups excluding carboxylic acids is 2. The second-order valence-corrected chi connectivity index (χ2v) is 10.8. The van der Waals surface area contributed by atoms with E-state index < -0.39 is 18.9 Å². The molecule has 3 rings (SSSR count). The molecule has 6 nitrogen and oxygen atoms in total. The minimum Gasteiger partial charge on any atom is -0.497 e. The molecule has 0 bridgehead atoms. The average Bonchev–Trinajstić information content (AvgIpc) is 2.81. The minimum absolute atomic E-state index is 0.179. The molecule has 0 aromatic heterocycles. The fourth-order valence-electron chi connectivity index (χ4n) is 2.97. The number of likely N-dealkylation sites (N-methyl/N-ethyl adjacent to an activating group) is 1. The Morgan fingerprint density at radius 3 is 2.48 bits per heavy atom. The Balaban J connectivity index is 2.06. The Hall–Kier alpha value is -2.08. The van der Waals surface area contributed by atoms with Crippen molar-refractivity contribution < 1.29 is 19.1 Å². The Morgan fingerprint density at radius 1 is 1.17 bits per heavy atom. The first kappa shape index (κ1) is 21.6. The molecule has 0 spiro atoms. The number of ether oxygens (including phenoxy) is 2. The van der Waals surface area contributed by atoms with Gasteiger partial charge in [-0.25, -0.2) is 0 Å². The molecule has 2 unspecified atom stereocenters. The molecular formula is C21H25N2O4PS. The van der Waals surface area contributed by atoms with E-state index in [4.69, 9.17) is 9.47 Å². The van der Waals surface area contributed by atoms with Crippen LogP contribution in [0.3, 0.4) is 0 Å². The molecule has 1 amide bonds. The number of anilines is 1. The normalized spacial score (nSPS) is 18.9. The lowest BCUT2D eigenvalue weighted by molar-refractivity contribution is -0.147. The van der Waals surface area contributed by atoms with Gasteiger partial charge in [0.2, 0.25) is 5.85 Å². The van der Waals surface area contributed by atoms with Crippen LogP contribution in [0.1, 0.15) is 6.92 Å². The maximum atomic E-state index is 13.6. The van der Waals surface area contributed by atoms with Crippen LogP contribution in [-0.2, 0) is 14.3 Å². The first-order valence-corrected chi connectivity index (χ1v) is 12.1. The van der Waals surface area contributed by atoms with E-state index in [-0.39, 0.29) is 5.91 Å². The minimum atomic E-state index is -1.17. The first-order valence-electron chi connectivity index (χ1n) is 9.24. The fraction of sp³-hybridized carbons (Fsp3) is 0.333. The third-order valence-corrected chi connectivity index (χ3v) is 9.10. The molecule has 8 heteroatoms. The number of methoxy groups -OCH3 is 1. The van der Waals surface area contributed by atoms with E-state index in [1.807, 2.05) is 67.5 Å². The van der Waals surface area contributed by atoms with E-state index in [1.165, 1.54) is 6.92 Å². The van der Waals surface area contributed by atoms with E-state index in [2.05, 4.69) is 0 Å². The molecule has 2 aromatic rings. The smallest absolute Gasteiger partial charge is 0.303 e. The molecule has 0 saturated carbocycles. The maximum Gasteiger partial charge on any atom is 0.303 e. The summed E-state index contributed by atoms with van der Waals surface area (Å²) in [5.41, 5.74) is 0.861. The van der Waals surface area contributed by atoms with Crippen molar-refractivity contribution in [1.82, 2.24) is 4.90 Å². The van der Waals surface area contributed by atoms with Crippen molar-refractivity contribution in [3.8, 4) is 5.75 Å². The average molecular weight is 432 g/mol. The number of rotatable bonds is 6. The van der Waals surface area contributed by atoms with Gasteiger partial charge in [-0.15, -0.1) is 0 Å². The van der Waals surface area contributed by atoms with Crippen LogP contribution in [0.5, 0.6) is 5.75 Å². The van der Waals surface area contributed by atoms with Crippen LogP contribution in [0.4, 0.5) is 5.69 Å². The highest BCUT2D eigenvalue weighted by Gasteiger charge is 2.40. The predicted octanol–water partition coefficient (Wildman–Crippen LogP) is 3.31. The molecule has 0 radical (unpaired) electrons. The first-order chi connectivity index (χ1) is 13.9. The molecule has 2 aromatic carbocycles. The lowest BCUT2D eigenvalue weighted by Crippen LogP contribution is -2.43. The number of nitrogens with zero attached hydrogens (tertiary/aromatic N) is 2. The van der Waals surface area contributed by atoms with Gasteiger partial charge in [-0.2, -0.15) is 0 Å². The number of benzene rings is 2. The van der Waals surface area contributed by atoms with Crippen LogP contribution < -0.4 is 14.9 Å². The van der Waals surface area contributed by atoms with Gasteiger partial charge >= 0.3 is 5.97 Å². The molecular weight excluding hydrogens is 407 g/mol. The largest absolute Gasteiger partial charge is 0.497 e. The zero-order valence-electron chi connectivity index (χ0n) is 17.0. The van der Waals surface area contributed by atoms with Gasteiger partial charge in [0.15, 0.2) is 0 Å². The third-order valence-electron chi connectivity index (χ3n) is 4.42. The molecule has 2 atom stereocenters. The summed E-state index contributed by atoms with van der Waals surface area (Å²) in [6.45, 7) is 2.58. The molecule has 0 saturated heterocycles. The molecule has 154 valence electrons. The summed E-state index contributed by atoms with van der Waals surface area (Å²) in [6.07, 6.45) is 0. The Morgan fingerprint density at radius 2 is 1.86 bits per heavy atom. The topological polar surface area (TPSA) is 59.1 Å². The summed E-state index contributed by atoms with van der Waals surface area (Å²) in [5, 5.41) is 0.967. The van der Waals surface area contributed by atoms with Crippen LogP contribution in [0.2, 0.25) is 0 Å². The van der Waals surface area contributed by atoms with Gasteiger partial charge in [0, 0.05) is 32.0 Å². The Labute approximate surface area is 176 Å². The van der Waals surface area contributed by atoms with Gasteiger partial charge < -0.3 is 19.3 Å². The van der Waals surface area contributed by atoms with Gasteiger partial charge in [-0.1, -0.05) is 23.5 Å². The van der Waals surface area contributed by atoms with Gasteiger partial charge in [0.1, 0.15) is 5.75 Å². The number of carbonyl (C=O) groups is 2. The van der Waals surface area contributed by atoms with E-state index in [0.717, 1.165) is 21.6 Å². The second kappa shape index (κ2) is 9.61. The highest BCUT2D eigenvalue weighted by atomic mass is 32.7. The van der Waals surface area contributed by atoms with Crippen LogP contribution in [0, 0.1) is 0 Å². The number of hydrogen-bond donors (Lipinski definition) is 0. The zero-order valence-corrected chi connectivity index (χ0v) is 18.7. The van der Waals surface area contributed by atoms with Crippen molar-refractivity contribution >= 4 is 41.4 Å². The van der Waals surface area contributed by atoms with Gasteiger partial charge in [-0.05, 0) is 55.8 Å². The number of hydrogen-bond acceptors (Lipinski definition) is 6. The molecule has 1 heterocycles. The van der Waals surface area contributed by atoms with Crippen LogP contribution in [0.15, 0.2) is 53.4 Å². The van der Waals surface area contributed by atoms with Crippen LogP contribution in [-0.4, -0.2) is 56.9 Å². The van der Waals surface area contributed by atoms with Crippen molar-refractivity contribution in [3.05, 3.63) is 48.5 Å². The maximum absolute atomic E-state index is 13.6. The zero-order chi connectivity index (χ0) is 21.0. The molecule has 0 aliphatic carbocycles. The van der Waals surface area contributed by atoms with Gasteiger partial charge in [0.25, 0.3) is 5.91 Å². The van der Waals surface area contributed by atoms with Crippen molar-refractivity contribution in [3.63, 3.8) is 0 Å². The van der Waals surface area contributed by atoms with Gasteiger partial charge in [-0.3, -0.25) is 9.59 Å². The Bertz CT molecular complexity index is 875. The highest BCUT2D eigenvalue weighted by molar-refractivity contribution is 8.58. The standard InChI is InChI=1S/C21H25N2O4PS/c1-15(24)27-21-20(25)23(14-13-22(2)3)18-7-5-6-8-19(18)29-28(21)17-11-9-16(26-4)10-12-17/h5-12,21H,13-14H2,1-4H3. The van der Waals surface area contributed by atoms with Crippen molar-refractivity contribution in [2.75, 3.05) is 39.2 Å². The van der Waals surface area contributed by atoms with E-state index >= 15 is 0 Å². The fourth-order valence-corrected chi connectivity index (χ4v) is 7.56. The molecule has 0 N–H and O–H groups in total. The van der Waals surface area contributed by atoms with Crippen molar-refractivity contribution in [2.24, 2.45) is 0 Å². The predicted molar refractivity (Wildman–Crippen MR) is 118 cm³/mol. The van der Waals surface area contributed by atoms with Gasteiger partial charge in [0.05, 0.1) is 12.8 Å². The van der Waals surface area contributed by atoms with E-state index in [1.54, 1.807) is 23.4 Å². The SMILES string of the molecule is COc1ccc(P2Sc3ccccc3N(CCN(C)C)C(=O)C2OC(C)=O)cc1. The van der Waals surface area contributed by atoms with Crippen molar-refractivity contribution in [2.45, 2.75) is 17.7 Å². The summed E-state index contributed by atoms with van der Waals surface area (Å²) >= 11 is 1.61. The number of fused-ring (bicyclic) bond motifs is 1. The summed E-state index contributed by atoms with van der Waals surface area (Å²) in [7, 11) is 4.38. The number of esters is 1. The Kier molecular flexibility index (Phi) is 7.17. The summed E-state index contributed by atoms with van der Waals surface area (Å²) in [4.78, 5) is 30.2. The molecule has 0 fully saturated rings. The molecule has 1 aliphatic heterocycles. The lowest BCUT2D eigenvalue weighted by Gasteiger charge is -2.28.